The molecule has 0 radical (unpaired) electrons. The minimum absolute atomic E-state index is 0.232. The maximum absolute atomic E-state index is 13.5. The van der Waals surface area contributed by atoms with Crippen LogP contribution in [0.4, 0.5) is 4.39 Å². The predicted octanol–water partition coefficient (Wildman–Crippen LogP) is 4.62. The molecule has 0 bridgehead atoms. The van der Waals surface area contributed by atoms with E-state index in [4.69, 9.17) is 8.94 Å². The van der Waals surface area contributed by atoms with Crippen molar-refractivity contribution in [2.45, 2.75) is 38.1 Å². The largest absolute Gasteiger partial charge is 0.420 e. The first-order valence-electron chi connectivity index (χ1n) is 11.3. The summed E-state index contributed by atoms with van der Waals surface area (Å²) in [5.41, 5.74) is 2.02. The summed E-state index contributed by atoms with van der Waals surface area (Å²) < 4.78 is 24.9. The van der Waals surface area contributed by atoms with Gasteiger partial charge in [0.2, 0.25) is 17.7 Å². The van der Waals surface area contributed by atoms with Gasteiger partial charge in [-0.15, -0.1) is 10.2 Å². The maximum atomic E-state index is 13.5. The van der Waals surface area contributed by atoms with Gasteiger partial charge >= 0.3 is 0 Å². The molecule has 33 heavy (non-hydrogen) atoms. The molecule has 0 N–H and O–H groups in total. The number of nitrogens with zero attached hydrogens (tertiary/aromatic N) is 5. The molecule has 8 heteroatoms. The van der Waals surface area contributed by atoms with Crippen molar-refractivity contribution in [2.24, 2.45) is 5.41 Å². The lowest BCUT2D eigenvalue weighted by atomic mass is 9.91. The SMILES string of the molecule is Fc1cccc(-c2nnc([C@@H]3CC34CCN(Cc3nc(Cc5ccccc5)no3)CC4)o2)c1. The number of aromatic nitrogens is 4. The number of rotatable bonds is 6. The lowest BCUT2D eigenvalue weighted by Crippen LogP contribution is -2.34. The second-order valence-electron chi connectivity index (χ2n) is 9.12. The van der Waals surface area contributed by atoms with Gasteiger partial charge in [-0.3, -0.25) is 4.90 Å². The van der Waals surface area contributed by atoms with Crippen LogP contribution in [0.25, 0.3) is 11.5 Å². The van der Waals surface area contributed by atoms with Crippen molar-refractivity contribution in [1.29, 1.82) is 0 Å². The van der Waals surface area contributed by atoms with Crippen molar-refractivity contribution in [1.82, 2.24) is 25.2 Å². The van der Waals surface area contributed by atoms with E-state index in [2.05, 4.69) is 37.4 Å². The fourth-order valence-electron chi connectivity index (χ4n) is 4.92. The van der Waals surface area contributed by atoms with Crippen molar-refractivity contribution in [3.63, 3.8) is 0 Å². The number of hydrogen-bond donors (Lipinski definition) is 0. The molecule has 4 aromatic rings. The molecule has 1 atom stereocenters. The number of piperidine rings is 1. The molecular formula is C25H24FN5O2. The lowest BCUT2D eigenvalue weighted by molar-refractivity contribution is 0.144. The van der Waals surface area contributed by atoms with Crippen LogP contribution in [-0.2, 0) is 13.0 Å². The van der Waals surface area contributed by atoms with Gasteiger partial charge in [-0.05, 0) is 61.5 Å². The van der Waals surface area contributed by atoms with E-state index in [0.717, 1.165) is 38.2 Å². The molecule has 2 fully saturated rings. The van der Waals surface area contributed by atoms with E-state index >= 15 is 0 Å². The third-order valence-electron chi connectivity index (χ3n) is 6.93. The molecule has 2 aromatic heterocycles. The Morgan fingerprint density at radius 2 is 1.88 bits per heavy atom. The van der Waals surface area contributed by atoms with Crippen LogP contribution in [0, 0.1) is 11.2 Å². The Bertz CT molecular complexity index is 1250. The van der Waals surface area contributed by atoms with E-state index in [1.165, 1.54) is 17.7 Å². The number of hydrogen-bond acceptors (Lipinski definition) is 7. The van der Waals surface area contributed by atoms with E-state index < -0.39 is 0 Å². The van der Waals surface area contributed by atoms with Gasteiger partial charge in [-0.2, -0.15) is 4.98 Å². The van der Waals surface area contributed by atoms with Crippen LogP contribution >= 0.6 is 0 Å². The average Bonchev–Trinajstić information content (AvgIpc) is 3.16. The molecule has 1 spiro atoms. The molecule has 1 saturated carbocycles. The van der Waals surface area contributed by atoms with Crippen molar-refractivity contribution in [3.8, 4) is 11.5 Å². The number of benzene rings is 2. The second-order valence-corrected chi connectivity index (χ2v) is 9.12. The summed E-state index contributed by atoms with van der Waals surface area (Å²) in [7, 11) is 0. The summed E-state index contributed by atoms with van der Waals surface area (Å²) in [6, 6.07) is 16.4. The van der Waals surface area contributed by atoms with Crippen LogP contribution in [0.3, 0.4) is 0 Å². The Labute approximate surface area is 190 Å². The molecule has 2 aromatic carbocycles. The van der Waals surface area contributed by atoms with Crippen LogP contribution < -0.4 is 0 Å². The Morgan fingerprint density at radius 3 is 2.70 bits per heavy atom. The van der Waals surface area contributed by atoms with Crippen LogP contribution in [0.2, 0.25) is 0 Å². The third kappa shape index (κ3) is 4.18. The van der Waals surface area contributed by atoms with Gasteiger partial charge in [0.05, 0.1) is 6.54 Å². The molecule has 1 aliphatic heterocycles. The van der Waals surface area contributed by atoms with Crippen molar-refractivity contribution < 1.29 is 13.3 Å². The fraction of sp³-hybridized carbons (Fsp3) is 0.360. The van der Waals surface area contributed by atoms with Crippen LogP contribution in [0.15, 0.2) is 63.5 Å². The zero-order valence-electron chi connectivity index (χ0n) is 18.2. The quantitative estimate of drug-likeness (QED) is 0.428. The van der Waals surface area contributed by atoms with Crippen molar-refractivity contribution in [2.75, 3.05) is 13.1 Å². The molecule has 2 aliphatic rings. The monoisotopic (exact) mass is 445 g/mol. The Balaban J connectivity index is 1.04. The third-order valence-corrected chi connectivity index (χ3v) is 6.93. The molecule has 7 nitrogen and oxygen atoms in total. The smallest absolute Gasteiger partial charge is 0.247 e. The topological polar surface area (TPSA) is 81.1 Å². The molecule has 168 valence electrons. The molecule has 3 heterocycles. The molecule has 1 aliphatic carbocycles. The highest BCUT2D eigenvalue weighted by molar-refractivity contribution is 5.52. The number of likely N-dealkylation sites (tertiary alicyclic amines) is 1. The summed E-state index contributed by atoms with van der Waals surface area (Å²) in [4.78, 5) is 6.94. The van der Waals surface area contributed by atoms with Gasteiger partial charge in [0.25, 0.3) is 0 Å². The lowest BCUT2D eigenvalue weighted by Gasteiger charge is -2.31. The normalized spacial score (nSPS) is 19.7. The van der Waals surface area contributed by atoms with Gasteiger partial charge in [-0.1, -0.05) is 41.6 Å². The Morgan fingerprint density at radius 1 is 1.03 bits per heavy atom. The summed E-state index contributed by atoms with van der Waals surface area (Å²) in [6.07, 6.45) is 3.88. The van der Waals surface area contributed by atoms with E-state index in [-0.39, 0.29) is 17.2 Å². The van der Waals surface area contributed by atoms with Gasteiger partial charge in [0, 0.05) is 17.9 Å². The summed E-state index contributed by atoms with van der Waals surface area (Å²) in [5, 5.41) is 12.6. The highest BCUT2D eigenvalue weighted by atomic mass is 19.1. The Kier molecular flexibility index (Phi) is 5.02. The van der Waals surface area contributed by atoms with E-state index in [9.17, 15) is 4.39 Å². The zero-order valence-corrected chi connectivity index (χ0v) is 18.2. The summed E-state index contributed by atoms with van der Waals surface area (Å²) >= 11 is 0. The Hall–Kier alpha value is -3.39. The standard InChI is InChI=1S/C25H24FN5O2/c26-19-8-4-7-18(14-19)23-28-29-24(32-23)20-15-25(20)9-11-31(12-10-25)16-22-27-21(30-33-22)13-17-5-2-1-3-6-17/h1-8,14,20H,9-13,15-16H2/t20-/m0/s1. The van der Waals surface area contributed by atoms with Gasteiger partial charge in [-0.25, -0.2) is 4.39 Å². The van der Waals surface area contributed by atoms with E-state index in [0.29, 0.717) is 36.2 Å². The maximum Gasteiger partial charge on any atom is 0.247 e. The summed E-state index contributed by atoms with van der Waals surface area (Å²) in [5.74, 6) is 2.42. The minimum atomic E-state index is -0.309. The van der Waals surface area contributed by atoms with Crippen LogP contribution in [0.5, 0.6) is 0 Å². The van der Waals surface area contributed by atoms with Crippen molar-refractivity contribution in [3.05, 3.63) is 83.6 Å². The molecule has 0 unspecified atom stereocenters. The first kappa shape index (κ1) is 20.2. The van der Waals surface area contributed by atoms with E-state index in [1.54, 1.807) is 12.1 Å². The molecular weight excluding hydrogens is 421 g/mol. The van der Waals surface area contributed by atoms with Gasteiger partial charge in [0.15, 0.2) is 5.82 Å². The highest BCUT2D eigenvalue weighted by Gasteiger charge is 2.58. The minimum Gasteiger partial charge on any atom is -0.420 e. The zero-order chi connectivity index (χ0) is 22.3. The molecule has 6 rings (SSSR count). The number of halogens is 1. The average molecular weight is 445 g/mol. The fourth-order valence-corrected chi connectivity index (χ4v) is 4.92. The van der Waals surface area contributed by atoms with Gasteiger partial charge in [0.1, 0.15) is 5.82 Å². The highest BCUT2D eigenvalue weighted by Crippen LogP contribution is 2.64. The predicted molar refractivity (Wildman–Crippen MR) is 118 cm³/mol. The molecule has 1 saturated heterocycles. The first-order chi connectivity index (χ1) is 16.2. The van der Waals surface area contributed by atoms with Crippen molar-refractivity contribution >= 4 is 0 Å². The van der Waals surface area contributed by atoms with Gasteiger partial charge < -0.3 is 8.94 Å². The first-order valence-corrected chi connectivity index (χ1v) is 11.3. The van der Waals surface area contributed by atoms with Crippen LogP contribution in [-0.4, -0.2) is 38.3 Å². The van der Waals surface area contributed by atoms with E-state index in [1.807, 2.05) is 18.2 Å². The second kappa shape index (κ2) is 8.19. The van der Waals surface area contributed by atoms with Crippen LogP contribution in [0.1, 0.15) is 48.3 Å². The summed E-state index contributed by atoms with van der Waals surface area (Å²) in [6.45, 7) is 2.61. The molecule has 0 amide bonds.